The lowest BCUT2D eigenvalue weighted by Gasteiger charge is -2.14. The summed E-state index contributed by atoms with van der Waals surface area (Å²) in [6.07, 6.45) is 0.0415. The number of nitrogens with one attached hydrogen (secondary N) is 3. The molecule has 3 aromatic carbocycles. The Morgan fingerprint density at radius 1 is 0.912 bits per heavy atom. The molecule has 0 fully saturated rings. The number of carbonyl (C=O) groups is 2. The Hall–Kier alpha value is -3.89. The topological polar surface area (TPSA) is 114 Å². The summed E-state index contributed by atoms with van der Waals surface area (Å²) in [5.74, 6) is -0.413. The molecule has 174 valence electrons. The molecule has 0 aliphatic rings. The normalized spacial score (nSPS) is 11.1. The number of hydrazine groups is 1. The average Bonchev–Trinajstić information content (AvgIpc) is 3.39. The Labute approximate surface area is 200 Å². The van der Waals surface area contributed by atoms with Crippen molar-refractivity contribution in [3.63, 3.8) is 0 Å². The molecule has 4 rings (SSSR count). The number of methoxy groups -OCH3 is 1. The molecule has 8 nitrogen and oxygen atoms in total. The van der Waals surface area contributed by atoms with Crippen LogP contribution in [0.25, 0.3) is 10.8 Å². The zero-order chi connectivity index (χ0) is 24.1. The van der Waals surface area contributed by atoms with Gasteiger partial charge in [-0.1, -0.05) is 42.5 Å². The van der Waals surface area contributed by atoms with Gasteiger partial charge in [-0.2, -0.15) is 0 Å². The molecule has 0 spiro atoms. The summed E-state index contributed by atoms with van der Waals surface area (Å²) in [4.78, 5) is 25.3. The predicted octanol–water partition coefficient (Wildman–Crippen LogP) is 3.71. The van der Waals surface area contributed by atoms with Crippen LogP contribution in [0, 0.1) is 0 Å². The van der Waals surface area contributed by atoms with E-state index in [1.165, 1.54) is 6.07 Å². The molecular formula is C24H21N3O5S2. The Morgan fingerprint density at radius 2 is 1.62 bits per heavy atom. The SMILES string of the molecule is COc1ccc(CC(=O)NNC(=O)c2cc3ccccc3cc2NS(=O)(=O)c2cccs2)cc1. The van der Waals surface area contributed by atoms with Crippen LogP contribution in [0.3, 0.4) is 0 Å². The van der Waals surface area contributed by atoms with Crippen molar-refractivity contribution in [2.45, 2.75) is 10.6 Å². The van der Waals surface area contributed by atoms with E-state index in [1.807, 2.05) is 24.3 Å². The van der Waals surface area contributed by atoms with E-state index in [2.05, 4.69) is 15.6 Å². The fourth-order valence-electron chi connectivity index (χ4n) is 3.29. The maximum Gasteiger partial charge on any atom is 0.271 e. The summed E-state index contributed by atoms with van der Waals surface area (Å²) in [7, 11) is -2.33. The quantitative estimate of drug-likeness (QED) is 0.338. The Morgan fingerprint density at radius 3 is 2.26 bits per heavy atom. The minimum Gasteiger partial charge on any atom is -0.497 e. The largest absolute Gasteiger partial charge is 0.497 e. The highest BCUT2D eigenvalue weighted by Crippen LogP contribution is 2.27. The van der Waals surface area contributed by atoms with Crippen LogP contribution in [-0.2, 0) is 21.2 Å². The minimum absolute atomic E-state index is 0.0415. The highest BCUT2D eigenvalue weighted by atomic mass is 32.2. The summed E-state index contributed by atoms with van der Waals surface area (Å²) in [6.45, 7) is 0. The second-order valence-electron chi connectivity index (χ2n) is 7.31. The number of amides is 2. The molecule has 10 heteroatoms. The van der Waals surface area contributed by atoms with Gasteiger partial charge in [0.2, 0.25) is 5.91 Å². The zero-order valence-electron chi connectivity index (χ0n) is 18.1. The van der Waals surface area contributed by atoms with Gasteiger partial charge in [0, 0.05) is 0 Å². The van der Waals surface area contributed by atoms with E-state index in [0.717, 1.165) is 27.7 Å². The molecule has 0 atom stereocenters. The van der Waals surface area contributed by atoms with E-state index in [4.69, 9.17) is 4.74 Å². The standard InChI is InChI=1S/C24H21N3O5S2/c1-32-19-10-8-16(9-11-19)13-22(28)25-26-24(29)20-14-17-5-2-3-6-18(17)15-21(20)27-34(30,31)23-7-4-12-33-23/h2-12,14-15,27H,13H2,1H3,(H,25,28)(H,26,29). The lowest BCUT2D eigenvalue weighted by Crippen LogP contribution is -2.42. The number of fused-ring (bicyclic) bond motifs is 1. The number of hydrogen-bond donors (Lipinski definition) is 3. The van der Waals surface area contributed by atoms with Crippen LogP contribution in [-0.4, -0.2) is 27.3 Å². The first kappa shape index (κ1) is 23.3. The lowest BCUT2D eigenvalue weighted by atomic mass is 10.0. The summed E-state index contributed by atoms with van der Waals surface area (Å²) in [6, 6.07) is 20.5. The van der Waals surface area contributed by atoms with Crippen LogP contribution in [0.2, 0.25) is 0 Å². The number of ether oxygens (including phenoxy) is 1. The van der Waals surface area contributed by atoms with Gasteiger partial charge in [0.05, 0.1) is 24.8 Å². The summed E-state index contributed by atoms with van der Waals surface area (Å²) in [5, 5.41) is 3.16. The fourth-order valence-corrected chi connectivity index (χ4v) is 5.35. The van der Waals surface area contributed by atoms with Gasteiger partial charge >= 0.3 is 0 Å². The number of rotatable bonds is 7. The van der Waals surface area contributed by atoms with E-state index >= 15 is 0 Å². The maximum absolute atomic E-state index is 12.9. The first-order chi connectivity index (χ1) is 16.4. The highest BCUT2D eigenvalue weighted by Gasteiger charge is 2.21. The first-order valence-corrected chi connectivity index (χ1v) is 12.5. The molecular weight excluding hydrogens is 474 g/mol. The summed E-state index contributed by atoms with van der Waals surface area (Å²) < 4.78 is 33.3. The molecule has 0 aliphatic carbocycles. The third-order valence-electron chi connectivity index (χ3n) is 4.97. The first-order valence-electron chi connectivity index (χ1n) is 10.2. The number of anilines is 1. The van der Waals surface area contributed by atoms with Crippen LogP contribution in [0.1, 0.15) is 15.9 Å². The van der Waals surface area contributed by atoms with Gasteiger partial charge in [-0.3, -0.25) is 25.2 Å². The van der Waals surface area contributed by atoms with Crippen molar-refractivity contribution in [2.75, 3.05) is 11.8 Å². The molecule has 0 unspecified atom stereocenters. The van der Waals surface area contributed by atoms with Crippen LogP contribution in [0.15, 0.2) is 82.4 Å². The van der Waals surface area contributed by atoms with E-state index in [9.17, 15) is 18.0 Å². The van der Waals surface area contributed by atoms with E-state index in [-0.39, 0.29) is 21.9 Å². The molecule has 0 bridgehead atoms. The molecule has 1 heterocycles. The van der Waals surface area contributed by atoms with Crippen molar-refractivity contribution in [2.24, 2.45) is 0 Å². The minimum atomic E-state index is -3.88. The molecule has 1 aromatic heterocycles. The number of carbonyl (C=O) groups excluding carboxylic acids is 2. The van der Waals surface area contributed by atoms with Gasteiger partial charge < -0.3 is 4.74 Å². The second-order valence-corrected chi connectivity index (χ2v) is 10.2. The zero-order valence-corrected chi connectivity index (χ0v) is 19.7. The Balaban J connectivity index is 1.53. The predicted molar refractivity (Wildman–Crippen MR) is 131 cm³/mol. The molecule has 2 amide bonds. The Kier molecular flexibility index (Phi) is 6.80. The van der Waals surface area contributed by atoms with Crippen molar-refractivity contribution < 1.29 is 22.7 Å². The van der Waals surface area contributed by atoms with Gasteiger partial charge in [-0.15, -0.1) is 11.3 Å². The highest BCUT2D eigenvalue weighted by molar-refractivity contribution is 7.94. The van der Waals surface area contributed by atoms with Crippen molar-refractivity contribution in [3.8, 4) is 5.75 Å². The van der Waals surface area contributed by atoms with Crippen LogP contribution in [0.4, 0.5) is 5.69 Å². The monoisotopic (exact) mass is 495 g/mol. The number of benzene rings is 3. The average molecular weight is 496 g/mol. The maximum atomic E-state index is 12.9. The van der Waals surface area contributed by atoms with Gasteiger partial charge in [-0.25, -0.2) is 8.42 Å². The van der Waals surface area contributed by atoms with E-state index in [1.54, 1.807) is 55.0 Å². The third-order valence-corrected chi connectivity index (χ3v) is 7.74. The van der Waals surface area contributed by atoms with E-state index < -0.39 is 21.8 Å². The van der Waals surface area contributed by atoms with Gasteiger partial charge in [0.25, 0.3) is 15.9 Å². The van der Waals surface area contributed by atoms with Crippen molar-refractivity contribution in [1.29, 1.82) is 0 Å². The van der Waals surface area contributed by atoms with Gasteiger partial charge in [0.1, 0.15) is 9.96 Å². The third kappa shape index (κ3) is 5.36. The van der Waals surface area contributed by atoms with Crippen LogP contribution in [0.5, 0.6) is 5.75 Å². The van der Waals surface area contributed by atoms with Gasteiger partial charge in [-0.05, 0) is 52.0 Å². The smallest absolute Gasteiger partial charge is 0.271 e. The number of sulfonamides is 1. The Bertz CT molecular complexity index is 1430. The number of hydrogen-bond acceptors (Lipinski definition) is 6. The van der Waals surface area contributed by atoms with E-state index in [0.29, 0.717) is 5.75 Å². The molecule has 4 aromatic rings. The number of thiophene rings is 1. The van der Waals surface area contributed by atoms with Crippen molar-refractivity contribution in [1.82, 2.24) is 10.9 Å². The lowest BCUT2D eigenvalue weighted by molar-refractivity contribution is -0.121. The van der Waals surface area contributed by atoms with Gasteiger partial charge in [0.15, 0.2) is 0 Å². The molecule has 3 N–H and O–H groups in total. The molecule has 0 aliphatic heterocycles. The van der Waals surface area contributed by atoms with Crippen LogP contribution >= 0.6 is 11.3 Å². The van der Waals surface area contributed by atoms with Crippen molar-refractivity contribution in [3.05, 3.63) is 89.3 Å². The molecule has 0 saturated carbocycles. The van der Waals surface area contributed by atoms with Crippen LogP contribution < -0.4 is 20.3 Å². The fraction of sp³-hybridized carbons (Fsp3) is 0.0833. The summed E-state index contributed by atoms with van der Waals surface area (Å²) >= 11 is 1.07. The molecule has 0 saturated heterocycles. The molecule has 0 radical (unpaired) electrons. The second kappa shape index (κ2) is 9.94. The summed E-state index contributed by atoms with van der Waals surface area (Å²) in [5.41, 5.74) is 5.67. The molecule has 34 heavy (non-hydrogen) atoms. The van der Waals surface area contributed by atoms with Crippen molar-refractivity contribution >= 4 is 49.6 Å².